The third-order valence-corrected chi connectivity index (χ3v) is 4.66. The molecule has 6 heteroatoms. The third kappa shape index (κ3) is 3.76. The van der Waals surface area contributed by atoms with Crippen LogP contribution in [0.25, 0.3) is 0 Å². The van der Waals surface area contributed by atoms with E-state index < -0.39 is 0 Å². The summed E-state index contributed by atoms with van der Waals surface area (Å²) in [4.78, 5) is 2.40. The molecule has 1 aromatic heterocycles. The van der Waals surface area contributed by atoms with Crippen molar-refractivity contribution in [1.29, 1.82) is 0 Å². The molecule has 1 aliphatic rings. The van der Waals surface area contributed by atoms with Gasteiger partial charge in [-0.1, -0.05) is 17.7 Å². The predicted molar refractivity (Wildman–Crippen MR) is 89.3 cm³/mol. The van der Waals surface area contributed by atoms with E-state index >= 15 is 0 Å². The molecule has 0 saturated carbocycles. The number of thiophene rings is 1. The van der Waals surface area contributed by atoms with Crippen molar-refractivity contribution in [2.75, 3.05) is 26.2 Å². The van der Waals surface area contributed by atoms with E-state index in [9.17, 15) is 4.39 Å². The van der Waals surface area contributed by atoms with Crippen LogP contribution in [-0.2, 0) is 0 Å². The lowest BCUT2D eigenvalue weighted by Gasteiger charge is -2.35. The van der Waals surface area contributed by atoms with Gasteiger partial charge in [-0.3, -0.25) is 4.90 Å². The van der Waals surface area contributed by atoms with Crippen molar-refractivity contribution in [2.45, 2.75) is 6.04 Å². The fourth-order valence-electron chi connectivity index (χ4n) is 2.68. The Labute approximate surface area is 139 Å². The van der Waals surface area contributed by atoms with Gasteiger partial charge in [-0.25, -0.2) is 4.39 Å². The summed E-state index contributed by atoms with van der Waals surface area (Å²) in [6, 6.07) is 6.93. The summed E-state index contributed by atoms with van der Waals surface area (Å²) in [7, 11) is 0. The van der Waals surface area contributed by atoms with E-state index in [4.69, 9.17) is 11.6 Å². The second kappa shape index (κ2) is 7.56. The van der Waals surface area contributed by atoms with Gasteiger partial charge in [-0.2, -0.15) is 11.3 Å². The maximum atomic E-state index is 13.3. The summed E-state index contributed by atoms with van der Waals surface area (Å²) in [5, 5.41) is 8.07. The molecule has 114 valence electrons. The van der Waals surface area contributed by atoms with E-state index in [1.165, 1.54) is 17.7 Å². The first-order chi connectivity index (χ1) is 9.75. The molecule has 2 aromatic rings. The number of halogens is 3. The van der Waals surface area contributed by atoms with Gasteiger partial charge in [0.15, 0.2) is 0 Å². The molecule has 1 saturated heterocycles. The number of nitrogens with one attached hydrogen (secondary N) is 1. The van der Waals surface area contributed by atoms with Gasteiger partial charge >= 0.3 is 0 Å². The number of benzene rings is 1. The van der Waals surface area contributed by atoms with Gasteiger partial charge in [0, 0.05) is 31.2 Å². The van der Waals surface area contributed by atoms with Crippen molar-refractivity contribution in [3.63, 3.8) is 0 Å². The number of hydrogen-bond donors (Lipinski definition) is 1. The minimum absolute atomic E-state index is 0. The highest BCUT2D eigenvalue weighted by molar-refractivity contribution is 7.08. The molecular weight excluding hydrogens is 330 g/mol. The first-order valence-electron chi connectivity index (χ1n) is 6.67. The topological polar surface area (TPSA) is 15.3 Å². The summed E-state index contributed by atoms with van der Waals surface area (Å²) in [6.45, 7) is 3.88. The zero-order chi connectivity index (χ0) is 13.9. The normalized spacial score (nSPS) is 17.2. The highest BCUT2D eigenvalue weighted by atomic mass is 35.5. The Morgan fingerprint density at radius 1 is 1.24 bits per heavy atom. The molecule has 1 aromatic carbocycles. The van der Waals surface area contributed by atoms with Crippen molar-refractivity contribution >= 4 is 35.3 Å². The highest BCUT2D eigenvalue weighted by Gasteiger charge is 2.26. The van der Waals surface area contributed by atoms with Crippen LogP contribution in [0.4, 0.5) is 4.39 Å². The molecule has 2 nitrogen and oxygen atoms in total. The van der Waals surface area contributed by atoms with Gasteiger partial charge in [0.1, 0.15) is 5.82 Å². The van der Waals surface area contributed by atoms with Crippen LogP contribution in [0.1, 0.15) is 17.2 Å². The fraction of sp³-hybridized carbons (Fsp3) is 0.333. The van der Waals surface area contributed by atoms with E-state index in [0.717, 1.165) is 31.7 Å². The average Bonchev–Trinajstić information content (AvgIpc) is 2.97. The summed E-state index contributed by atoms with van der Waals surface area (Å²) in [5.74, 6) is -0.289. The molecule has 21 heavy (non-hydrogen) atoms. The van der Waals surface area contributed by atoms with E-state index in [1.54, 1.807) is 11.3 Å². The van der Waals surface area contributed by atoms with Crippen molar-refractivity contribution in [1.82, 2.24) is 10.2 Å². The van der Waals surface area contributed by atoms with Gasteiger partial charge in [0.2, 0.25) is 0 Å². The van der Waals surface area contributed by atoms with E-state index in [1.807, 2.05) is 6.07 Å². The van der Waals surface area contributed by atoms with Crippen LogP contribution in [0.15, 0.2) is 35.0 Å². The molecule has 1 aliphatic heterocycles. The SMILES string of the molecule is Cl.Fc1ccc([C@H](c2ccsc2)N2CCNCC2)c(Cl)c1. The molecule has 0 unspecified atom stereocenters. The molecule has 0 radical (unpaired) electrons. The Bertz CT molecular complexity index is 571. The molecule has 0 amide bonds. The number of rotatable bonds is 3. The lowest BCUT2D eigenvalue weighted by atomic mass is 9.98. The molecule has 0 aliphatic carbocycles. The second-order valence-electron chi connectivity index (χ2n) is 4.91. The van der Waals surface area contributed by atoms with Crippen LogP contribution in [0.2, 0.25) is 5.02 Å². The van der Waals surface area contributed by atoms with Crippen molar-refractivity contribution in [3.05, 3.63) is 57.0 Å². The molecule has 1 N–H and O–H groups in total. The maximum absolute atomic E-state index is 13.3. The second-order valence-corrected chi connectivity index (χ2v) is 6.10. The first kappa shape index (κ1) is 16.7. The minimum atomic E-state index is -0.289. The quantitative estimate of drug-likeness (QED) is 0.904. The summed E-state index contributed by atoms with van der Waals surface area (Å²) >= 11 is 7.96. The van der Waals surface area contributed by atoms with Gasteiger partial charge in [-0.05, 0) is 40.1 Å². The number of hydrogen-bond acceptors (Lipinski definition) is 3. The van der Waals surface area contributed by atoms with Crippen molar-refractivity contribution in [3.8, 4) is 0 Å². The molecule has 0 spiro atoms. The smallest absolute Gasteiger partial charge is 0.124 e. The zero-order valence-electron chi connectivity index (χ0n) is 11.4. The summed E-state index contributed by atoms with van der Waals surface area (Å²) < 4.78 is 13.3. The monoisotopic (exact) mass is 346 g/mol. The molecule has 3 rings (SSSR count). The van der Waals surface area contributed by atoms with E-state index in [-0.39, 0.29) is 24.3 Å². The van der Waals surface area contributed by atoms with Crippen molar-refractivity contribution < 1.29 is 4.39 Å². The average molecular weight is 347 g/mol. The third-order valence-electron chi connectivity index (χ3n) is 3.63. The van der Waals surface area contributed by atoms with Crippen LogP contribution in [0, 0.1) is 5.82 Å². The van der Waals surface area contributed by atoms with Crippen LogP contribution in [0.3, 0.4) is 0 Å². The highest BCUT2D eigenvalue weighted by Crippen LogP contribution is 2.34. The van der Waals surface area contributed by atoms with E-state index in [2.05, 4.69) is 27.0 Å². The van der Waals surface area contributed by atoms with Gasteiger partial charge in [0.25, 0.3) is 0 Å². The summed E-state index contributed by atoms with van der Waals surface area (Å²) in [5.41, 5.74) is 2.21. The Hall–Kier alpha value is -0.650. The van der Waals surface area contributed by atoms with Crippen molar-refractivity contribution in [2.24, 2.45) is 0 Å². The Balaban J connectivity index is 0.00000161. The molecule has 1 atom stereocenters. The Morgan fingerprint density at radius 3 is 2.62 bits per heavy atom. The lowest BCUT2D eigenvalue weighted by Crippen LogP contribution is -2.45. The van der Waals surface area contributed by atoms with Crippen LogP contribution in [-0.4, -0.2) is 31.1 Å². The molecule has 2 heterocycles. The molecular formula is C15H17Cl2FN2S. The largest absolute Gasteiger partial charge is 0.314 e. The zero-order valence-corrected chi connectivity index (χ0v) is 13.8. The number of piperazine rings is 1. The number of nitrogens with zero attached hydrogens (tertiary/aromatic N) is 1. The maximum Gasteiger partial charge on any atom is 0.124 e. The first-order valence-corrected chi connectivity index (χ1v) is 7.99. The van der Waals surface area contributed by atoms with E-state index in [0.29, 0.717) is 5.02 Å². The van der Waals surface area contributed by atoms with Gasteiger partial charge < -0.3 is 5.32 Å². The van der Waals surface area contributed by atoms with Crippen LogP contribution < -0.4 is 5.32 Å². The van der Waals surface area contributed by atoms with Crippen LogP contribution in [0.5, 0.6) is 0 Å². The lowest BCUT2D eigenvalue weighted by molar-refractivity contribution is 0.198. The fourth-order valence-corrected chi connectivity index (χ4v) is 3.63. The summed E-state index contributed by atoms with van der Waals surface area (Å²) in [6.07, 6.45) is 0. The molecule has 1 fully saturated rings. The predicted octanol–water partition coefficient (Wildman–Crippen LogP) is 3.96. The van der Waals surface area contributed by atoms with Gasteiger partial charge in [-0.15, -0.1) is 12.4 Å². The minimum Gasteiger partial charge on any atom is -0.314 e. The molecule has 0 bridgehead atoms. The standard InChI is InChI=1S/C15H16ClFN2S.ClH/c16-14-9-12(17)1-2-13(14)15(11-3-8-20-10-11)19-6-4-18-5-7-19;/h1-3,8-10,15,18H,4-7H2;1H/t15-;/m0./s1. The Kier molecular flexibility index (Phi) is 6.02. The van der Waals surface area contributed by atoms with Gasteiger partial charge in [0.05, 0.1) is 6.04 Å². The Morgan fingerprint density at radius 2 is 2.00 bits per heavy atom. The van der Waals surface area contributed by atoms with Crippen LogP contribution >= 0.6 is 35.3 Å².